The van der Waals surface area contributed by atoms with Crippen molar-refractivity contribution in [3.05, 3.63) is 48.0 Å². The summed E-state index contributed by atoms with van der Waals surface area (Å²) in [5, 5.41) is 2.74. The Bertz CT molecular complexity index is 424. The maximum atomic E-state index is 2.20. The molecule has 1 heteroatoms. The number of nitrogens with zero attached hydrogens (tertiary/aromatic N) is 1. The van der Waals surface area contributed by atoms with Gasteiger partial charge in [0, 0.05) is 0 Å². The van der Waals surface area contributed by atoms with Crippen LogP contribution in [0, 0.1) is 0 Å². The van der Waals surface area contributed by atoms with Gasteiger partial charge in [0.1, 0.15) is 0 Å². The molecule has 2 aromatic carbocycles. The highest BCUT2D eigenvalue weighted by molar-refractivity contribution is 5.85. The minimum atomic E-state index is 1.11. The zero-order valence-corrected chi connectivity index (χ0v) is 10.7. The number of hydrogen-bond donors (Lipinski definition) is 0. The van der Waals surface area contributed by atoms with Crippen molar-refractivity contribution in [3.63, 3.8) is 0 Å². The van der Waals surface area contributed by atoms with Crippen LogP contribution in [0.4, 0.5) is 0 Å². The average molecular weight is 215 g/mol. The molecule has 0 spiro atoms. The predicted molar refractivity (Wildman–Crippen MR) is 72.9 cm³/mol. The van der Waals surface area contributed by atoms with E-state index in [1.165, 1.54) is 16.3 Å². The van der Waals surface area contributed by atoms with Crippen molar-refractivity contribution in [1.29, 1.82) is 0 Å². The first-order valence-corrected chi connectivity index (χ1v) is 5.72. The van der Waals surface area contributed by atoms with E-state index < -0.39 is 0 Å². The highest BCUT2D eigenvalue weighted by Gasteiger charge is 1.95. The summed E-state index contributed by atoms with van der Waals surface area (Å²) in [6, 6.07) is 15.0. The lowest BCUT2D eigenvalue weighted by atomic mass is 10.0. The maximum absolute atomic E-state index is 2.20. The summed E-state index contributed by atoms with van der Waals surface area (Å²) in [7, 11) is 6.00. The van der Waals surface area contributed by atoms with Gasteiger partial charge in [-0.1, -0.05) is 49.4 Å². The van der Waals surface area contributed by atoms with Gasteiger partial charge in [-0.05, 0) is 43.9 Å². The van der Waals surface area contributed by atoms with Gasteiger partial charge in [-0.3, -0.25) is 0 Å². The minimum absolute atomic E-state index is 1.11. The third-order valence-electron chi connectivity index (χ3n) is 2.26. The van der Waals surface area contributed by atoms with Gasteiger partial charge in [0.05, 0.1) is 0 Å². The van der Waals surface area contributed by atoms with Gasteiger partial charge in [-0.25, -0.2) is 0 Å². The van der Waals surface area contributed by atoms with Crippen molar-refractivity contribution in [1.82, 2.24) is 4.90 Å². The average Bonchev–Trinajstić information content (AvgIpc) is 2.27. The lowest BCUT2D eigenvalue weighted by Gasteiger charge is -2.02. The fourth-order valence-corrected chi connectivity index (χ4v) is 1.60. The number of benzene rings is 2. The van der Waals surface area contributed by atoms with Crippen LogP contribution >= 0.6 is 0 Å². The molecule has 0 bridgehead atoms. The molecule has 0 heterocycles. The van der Waals surface area contributed by atoms with E-state index in [0.29, 0.717) is 0 Å². The molecule has 0 aliphatic rings. The number of hydrogen-bond acceptors (Lipinski definition) is 1. The van der Waals surface area contributed by atoms with Crippen molar-refractivity contribution in [2.45, 2.75) is 13.3 Å². The zero-order valence-electron chi connectivity index (χ0n) is 10.7. The van der Waals surface area contributed by atoms with Crippen LogP contribution in [0.15, 0.2) is 42.5 Å². The molecule has 0 aromatic heterocycles. The Morgan fingerprint density at radius 1 is 0.875 bits per heavy atom. The second kappa shape index (κ2) is 6.29. The van der Waals surface area contributed by atoms with Crippen LogP contribution in [-0.2, 0) is 6.42 Å². The predicted octanol–water partition coefficient (Wildman–Crippen LogP) is 3.58. The van der Waals surface area contributed by atoms with E-state index in [0.717, 1.165) is 6.42 Å². The molecule has 1 nitrogen and oxygen atoms in total. The molecule has 0 unspecified atom stereocenters. The highest BCUT2D eigenvalue weighted by Crippen LogP contribution is 2.18. The summed E-state index contributed by atoms with van der Waals surface area (Å²) >= 11 is 0. The summed E-state index contributed by atoms with van der Waals surface area (Å²) in [6.07, 6.45) is 1.11. The van der Waals surface area contributed by atoms with Gasteiger partial charge >= 0.3 is 0 Å². The van der Waals surface area contributed by atoms with Crippen LogP contribution in [0.3, 0.4) is 0 Å². The van der Waals surface area contributed by atoms with E-state index in [4.69, 9.17) is 0 Å². The molecule has 0 N–H and O–H groups in total. The monoisotopic (exact) mass is 215 g/mol. The van der Waals surface area contributed by atoms with Gasteiger partial charge in [-0.2, -0.15) is 0 Å². The molecular weight excluding hydrogens is 194 g/mol. The Hall–Kier alpha value is -1.34. The topological polar surface area (TPSA) is 3.24 Å². The summed E-state index contributed by atoms with van der Waals surface area (Å²) in [6.45, 7) is 2.20. The van der Waals surface area contributed by atoms with Gasteiger partial charge in [-0.15, -0.1) is 0 Å². The van der Waals surface area contributed by atoms with Crippen LogP contribution in [0.5, 0.6) is 0 Å². The van der Waals surface area contributed by atoms with Gasteiger partial charge < -0.3 is 4.90 Å². The van der Waals surface area contributed by atoms with E-state index >= 15 is 0 Å². The van der Waals surface area contributed by atoms with Crippen molar-refractivity contribution < 1.29 is 0 Å². The van der Waals surface area contributed by atoms with Crippen LogP contribution in [-0.4, -0.2) is 26.0 Å². The van der Waals surface area contributed by atoms with E-state index in [1.807, 2.05) is 26.0 Å². The maximum Gasteiger partial charge on any atom is -0.0140 e. The molecule has 2 rings (SSSR count). The number of fused-ring (bicyclic) bond motifs is 1. The lowest BCUT2D eigenvalue weighted by Crippen LogP contribution is -1.99. The van der Waals surface area contributed by atoms with E-state index in [2.05, 4.69) is 49.4 Å². The van der Waals surface area contributed by atoms with Crippen molar-refractivity contribution in [2.24, 2.45) is 0 Å². The number of aryl methyl sites for hydroxylation is 1. The van der Waals surface area contributed by atoms with Crippen LogP contribution in [0.25, 0.3) is 10.8 Å². The van der Waals surface area contributed by atoms with Gasteiger partial charge in [0.25, 0.3) is 0 Å². The molecule has 2 aromatic rings. The molecule has 0 saturated heterocycles. The fourth-order valence-electron chi connectivity index (χ4n) is 1.60. The Morgan fingerprint density at radius 3 is 2.06 bits per heavy atom. The molecule has 0 aliphatic carbocycles. The molecule has 86 valence electrons. The van der Waals surface area contributed by atoms with Crippen molar-refractivity contribution in [3.8, 4) is 0 Å². The van der Waals surface area contributed by atoms with E-state index in [9.17, 15) is 0 Å². The van der Waals surface area contributed by atoms with Crippen LogP contribution in [0.1, 0.15) is 12.5 Å². The minimum Gasteiger partial charge on any atom is -0.312 e. The largest absolute Gasteiger partial charge is 0.312 e. The molecule has 0 aliphatic heterocycles. The van der Waals surface area contributed by atoms with Gasteiger partial charge in [0.2, 0.25) is 0 Å². The summed E-state index contributed by atoms with van der Waals surface area (Å²) in [4.78, 5) is 2.00. The summed E-state index contributed by atoms with van der Waals surface area (Å²) in [5.41, 5.74) is 1.44. The molecule has 0 fully saturated rings. The molecule has 0 radical (unpaired) electrons. The zero-order chi connectivity index (χ0) is 12.0. The molecule has 0 atom stereocenters. The smallest absolute Gasteiger partial charge is 0.0140 e. The van der Waals surface area contributed by atoms with Crippen molar-refractivity contribution >= 4 is 10.8 Å². The fraction of sp³-hybridized carbons (Fsp3) is 0.333. The normalized spacial score (nSPS) is 10.1. The quantitative estimate of drug-likeness (QED) is 0.703. The first-order chi connectivity index (χ1) is 7.65. The molecular formula is C15H21N. The molecule has 16 heavy (non-hydrogen) atoms. The number of rotatable bonds is 1. The molecule has 0 saturated carbocycles. The Labute approximate surface area is 98.7 Å². The van der Waals surface area contributed by atoms with E-state index in [-0.39, 0.29) is 0 Å². The van der Waals surface area contributed by atoms with Crippen LogP contribution in [0.2, 0.25) is 0 Å². The lowest BCUT2D eigenvalue weighted by molar-refractivity contribution is 0.505. The SMILES string of the molecule is CCc1cccc2ccccc12.CN(C)C. The Morgan fingerprint density at radius 2 is 1.44 bits per heavy atom. The van der Waals surface area contributed by atoms with E-state index in [1.54, 1.807) is 0 Å². The first-order valence-electron chi connectivity index (χ1n) is 5.72. The first kappa shape index (κ1) is 12.7. The second-order valence-electron chi connectivity index (χ2n) is 4.33. The summed E-state index contributed by atoms with van der Waals surface area (Å²) < 4.78 is 0. The summed E-state index contributed by atoms with van der Waals surface area (Å²) in [5.74, 6) is 0. The van der Waals surface area contributed by atoms with Gasteiger partial charge in [0.15, 0.2) is 0 Å². The van der Waals surface area contributed by atoms with Crippen molar-refractivity contribution in [2.75, 3.05) is 21.1 Å². The molecule has 0 amide bonds. The second-order valence-corrected chi connectivity index (χ2v) is 4.33. The third kappa shape index (κ3) is 3.67. The highest BCUT2D eigenvalue weighted by atomic mass is 15.0. The Balaban J connectivity index is 0.000000280. The Kier molecular flexibility index (Phi) is 5.00. The standard InChI is InChI=1S/C12H12.C3H9N/c1-2-10-7-5-8-11-6-3-4-9-12(10)11;1-4(2)3/h3-9H,2H2,1H3;1-3H3. The van der Waals surface area contributed by atoms with Crippen LogP contribution < -0.4 is 0 Å². The third-order valence-corrected chi connectivity index (χ3v) is 2.26.